The van der Waals surface area contributed by atoms with E-state index >= 15 is 0 Å². The number of ether oxygens (including phenoxy) is 5. The van der Waals surface area contributed by atoms with Crippen molar-refractivity contribution in [3.63, 3.8) is 0 Å². The van der Waals surface area contributed by atoms with Crippen LogP contribution in [0.4, 0.5) is 5.69 Å². The van der Waals surface area contributed by atoms with Crippen LogP contribution in [0.25, 0.3) is 0 Å². The highest BCUT2D eigenvalue weighted by Crippen LogP contribution is 2.38. The molecule has 0 spiro atoms. The van der Waals surface area contributed by atoms with Crippen LogP contribution in [0.1, 0.15) is 15.9 Å². The number of rotatable bonds is 7. The lowest BCUT2D eigenvalue weighted by Crippen LogP contribution is -2.18. The first kappa shape index (κ1) is 19.7. The van der Waals surface area contributed by atoms with Crippen molar-refractivity contribution in [3.05, 3.63) is 45.5 Å². The van der Waals surface area contributed by atoms with Crippen molar-refractivity contribution in [2.45, 2.75) is 0 Å². The maximum Gasteiger partial charge on any atom is 0.282 e. The van der Waals surface area contributed by atoms with Gasteiger partial charge in [0.2, 0.25) is 12.5 Å². The van der Waals surface area contributed by atoms with Gasteiger partial charge in [-0.3, -0.25) is 14.9 Å². The molecule has 11 nitrogen and oxygen atoms in total. The first-order valence-corrected chi connectivity index (χ1v) is 8.20. The third-order valence-electron chi connectivity index (χ3n) is 4.02. The van der Waals surface area contributed by atoms with E-state index in [0.29, 0.717) is 23.0 Å². The molecule has 0 aliphatic carbocycles. The molecule has 0 unspecified atom stereocenters. The summed E-state index contributed by atoms with van der Waals surface area (Å²) in [5.74, 6) is 0.984. The molecular weight excluding hydrogens is 386 g/mol. The maximum atomic E-state index is 12.4. The van der Waals surface area contributed by atoms with Crippen LogP contribution in [0.3, 0.4) is 0 Å². The lowest BCUT2D eigenvalue weighted by molar-refractivity contribution is -0.385. The highest BCUT2D eigenvalue weighted by Gasteiger charge is 2.22. The number of nitro benzene ring substituents is 1. The van der Waals surface area contributed by atoms with Crippen molar-refractivity contribution in [1.29, 1.82) is 0 Å². The number of carbonyl (C=O) groups excluding carboxylic acids is 1. The third kappa shape index (κ3) is 3.98. The van der Waals surface area contributed by atoms with E-state index in [9.17, 15) is 14.9 Å². The van der Waals surface area contributed by atoms with E-state index in [0.717, 1.165) is 6.21 Å². The lowest BCUT2D eigenvalue weighted by Gasteiger charge is -2.13. The summed E-state index contributed by atoms with van der Waals surface area (Å²) in [7, 11) is 4.30. The Kier molecular flexibility index (Phi) is 5.67. The first-order valence-electron chi connectivity index (χ1n) is 8.20. The summed E-state index contributed by atoms with van der Waals surface area (Å²) >= 11 is 0. The van der Waals surface area contributed by atoms with Gasteiger partial charge in [-0.1, -0.05) is 0 Å². The van der Waals surface area contributed by atoms with E-state index in [1.807, 2.05) is 0 Å². The fourth-order valence-electron chi connectivity index (χ4n) is 2.65. The smallest absolute Gasteiger partial charge is 0.282 e. The predicted molar refractivity (Wildman–Crippen MR) is 100 cm³/mol. The molecule has 2 aromatic rings. The molecule has 2 aromatic carbocycles. The SMILES string of the molecule is COc1cc(C(=O)N/N=C/c2cc3c(cc2[N+](=O)[O-])OCO3)cc(OC)c1OC. The molecule has 0 fully saturated rings. The van der Waals surface area contributed by atoms with Crippen molar-refractivity contribution in [2.75, 3.05) is 28.1 Å². The zero-order chi connectivity index (χ0) is 21.0. The fourth-order valence-corrected chi connectivity index (χ4v) is 2.65. The molecule has 1 amide bonds. The Morgan fingerprint density at radius 1 is 1.10 bits per heavy atom. The summed E-state index contributed by atoms with van der Waals surface area (Å²) in [6.45, 7) is -0.0229. The number of carbonyl (C=O) groups is 1. The molecule has 0 radical (unpaired) electrons. The summed E-state index contributed by atoms with van der Waals surface area (Å²) in [6.07, 6.45) is 1.15. The van der Waals surface area contributed by atoms with E-state index < -0.39 is 10.8 Å². The van der Waals surface area contributed by atoms with E-state index in [1.54, 1.807) is 0 Å². The Hall–Kier alpha value is -4.02. The Morgan fingerprint density at radius 3 is 2.28 bits per heavy atom. The molecule has 29 heavy (non-hydrogen) atoms. The Balaban J connectivity index is 1.83. The highest BCUT2D eigenvalue weighted by molar-refractivity contribution is 5.96. The van der Waals surface area contributed by atoms with Gasteiger partial charge in [0.15, 0.2) is 23.0 Å². The fraction of sp³-hybridized carbons (Fsp3) is 0.222. The minimum Gasteiger partial charge on any atom is -0.493 e. The van der Waals surface area contributed by atoms with E-state index in [4.69, 9.17) is 23.7 Å². The summed E-state index contributed by atoms with van der Waals surface area (Å²) in [5.41, 5.74) is 2.40. The van der Waals surface area contributed by atoms with Crippen molar-refractivity contribution >= 4 is 17.8 Å². The molecule has 0 saturated carbocycles. The molecule has 3 rings (SSSR count). The van der Waals surface area contributed by atoms with Crippen LogP contribution in [-0.4, -0.2) is 45.2 Å². The lowest BCUT2D eigenvalue weighted by atomic mass is 10.1. The Morgan fingerprint density at radius 2 is 1.72 bits per heavy atom. The van der Waals surface area contributed by atoms with E-state index in [1.165, 1.54) is 45.6 Å². The molecule has 152 valence electrons. The number of benzene rings is 2. The topological polar surface area (TPSA) is 131 Å². The van der Waals surface area contributed by atoms with Crippen LogP contribution in [0.5, 0.6) is 28.7 Å². The molecular formula is C18H17N3O8. The predicted octanol–water partition coefficient (Wildman–Crippen LogP) is 2.11. The minimum absolute atomic E-state index is 0.0229. The second-order valence-corrected chi connectivity index (χ2v) is 5.63. The zero-order valence-corrected chi connectivity index (χ0v) is 15.8. The number of amides is 1. The van der Waals surface area contributed by atoms with Crippen molar-refractivity contribution in [3.8, 4) is 28.7 Å². The van der Waals surface area contributed by atoms with Crippen LogP contribution in [0.2, 0.25) is 0 Å². The van der Waals surface area contributed by atoms with Gasteiger partial charge in [0, 0.05) is 5.56 Å². The van der Waals surface area contributed by atoms with Gasteiger partial charge in [-0.2, -0.15) is 5.10 Å². The molecule has 1 N–H and O–H groups in total. The molecule has 0 atom stereocenters. The first-order chi connectivity index (χ1) is 14.0. The van der Waals surface area contributed by atoms with Crippen LogP contribution < -0.4 is 29.1 Å². The van der Waals surface area contributed by atoms with E-state index in [2.05, 4.69) is 10.5 Å². The van der Waals surface area contributed by atoms with E-state index in [-0.39, 0.29) is 29.4 Å². The van der Waals surface area contributed by atoms with Crippen molar-refractivity contribution in [1.82, 2.24) is 5.43 Å². The second kappa shape index (κ2) is 8.33. The highest BCUT2D eigenvalue weighted by atomic mass is 16.7. The molecule has 0 saturated heterocycles. The van der Waals surface area contributed by atoms with Gasteiger partial charge in [0.25, 0.3) is 11.6 Å². The summed E-state index contributed by atoms with van der Waals surface area (Å²) in [5, 5.41) is 15.1. The van der Waals surface area contributed by atoms with Gasteiger partial charge >= 0.3 is 0 Å². The van der Waals surface area contributed by atoms with Crippen LogP contribution in [0, 0.1) is 10.1 Å². The van der Waals surface area contributed by atoms with Gasteiger partial charge in [-0.15, -0.1) is 0 Å². The largest absolute Gasteiger partial charge is 0.493 e. The summed E-state index contributed by atoms with van der Waals surface area (Å²) < 4.78 is 26.0. The number of nitro groups is 1. The van der Waals surface area contributed by atoms with Crippen molar-refractivity contribution in [2.24, 2.45) is 5.10 Å². The normalized spacial score (nSPS) is 12.0. The third-order valence-corrected chi connectivity index (χ3v) is 4.02. The number of methoxy groups -OCH3 is 3. The summed E-state index contributed by atoms with van der Waals surface area (Å²) in [4.78, 5) is 23.1. The number of hydrazone groups is 1. The Labute approximate surface area is 164 Å². The average molecular weight is 403 g/mol. The number of nitrogens with one attached hydrogen (secondary N) is 1. The number of hydrogen-bond acceptors (Lipinski definition) is 9. The molecule has 0 aromatic heterocycles. The number of hydrogen-bond donors (Lipinski definition) is 1. The van der Waals surface area contributed by atoms with Gasteiger partial charge in [-0.05, 0) is 18.2 Å². The number of fused-ring (bicyclic) bond motifs is 1. The van der Waals surface area contributed by atoms with Gasteiger partial charge in [-0.25, -0.2) is 5.43 Å². The second-order valence-electron chi connectivity index (χ2n) is 5.63. The van der Waals surface area contributed by atoms with Crippen molar-refractivity contribution < 1.29 is 33.4 Å². The summed E-state index contributed by atoms with van der Waals surface area (Å²) in [6, 6.07) is 5.56. The monoisotopic (exact) mass is 403 g/mol. The van der Waals surface area contributed by atoms with Gasteiger partial charge in [0.05, 0.1) is 44.1 Å². The molecule has 1 aliphatic heterocycles. The molecule has 1 aliphatic rings. The number of nitrogens with zero attached hydrogens (tertiary/aromatic N) is 2. The van der Waals surface area contributed by atoms with Gasteiger partial charge < -0.3 is 23.7 Å². The maximum absolute atomic E-state index is 12.4. The standard InChI is InChI=1S/C18H17N3O8/c1-25-15-4-10(5-16(26-2)17(15)27-3)18(22)20-19-8-11-6-13-14(29-9-28-13)7-12(11)21(23)24/h4-8H,9H2,1-3H3,(H,20,22)/b19-8+. The molecule has 1 heterocycles. The Bertz CT molecular complexity index is 964. The van der Waals surface area contributed by atoms with Crippen LogP contribution in [-0.2, 0) is 0 Å². The molecule has 11 heteroatoms. The van der Waals surface area contributed by atoms with Gasteiger partial charge in [0.1, 0.15) is 0 Å². The minimum atomic E-state index is -0.580. The molecule has 0 bridgehead atoms. The quantitative estimate of drug-likeness (QED) is 0.422. The zero-order valence-electron chi connectivity index (χ0n) is 15.8. The van der Waals surface area contributed by atoms with Crippen LogP contribution in [0.15, 0.2) is 29.4 Å². The average Bonchev–Trinajstić information content (AvgIpc) is 3.19. The van der Waals surface area contributed by atoms with Crippen LogP contribution >= 0.6 is 0 Å².